The van der Waals surface area contributed by atoms with Crippen LogP contribution in [0.5, 0.6) is 0 Å². The van der Waals surface area contributed by atoms with Crippen molar-refractivity contribution in [3.05, 3.63) is 113 Å². The van der Waals surface area contributed by atoms with Crippen LogP contribution in [0.1, 0.15) is 28.5 Å². The van der Waals surface area contributed by atoms with E-state index in [1.54, 1.807) is 0 Å². The predicted molar refractivity (Wildman–Crippen MR) is 133 cm³/mol. The van der Waals surface area contributed by atoms with Crippen LogP contribution in [-0.2, 0) is 36.0 Å². The van der Waals surface area contributed by atoms with Crippen molar-refractivity contribution < 1.29 is 48.5 Å². The molecule has 1 heterocycles. The number of aliphatic hydroxyl groups is 1. The van der Waals surface area contributed by atoms with Gasteiger partial charge < -0.3 is 46.1 Å². The molecule has 3 aromatic carbocycles. The molecule has 3 N–H and O–H groups in total. The van der Waals surface area contributed by atoms with E-state index in [9.17, 15) is 31.4 Å². The Balaban J connectivity index is 0.000000797. The third-order valence-corrected chi connectivity index (χ3v) is 5.46. The van der Waals surface area contributed by atoms with Gasteiger partial charge in [-0.2, -0.15) is 38.5 Å². The van der Waals surface area contributed by atoms with Crippen molar-refractivity contribution in [3.63, 3.8) is 0 Å². The molecule has 1 aromatic heterocycles. The number of rotatable bonds is 9. The van der Waals surface area contributed by atoms with Gasteiger partial charge in [-0.05, 0) is 36.4 Å². The maximum atomic E-state index is 13.3. The molecule has 0 aliphatic heterocycles. The first-order valence-corrected chi connectivity index (χ1v) is 11.8. The number of hydrogen-bond donors (Lipinski definition) is 3. The van der Waals surface area contributed by atoms with Crippen molar-refractivity contribution in [2.24, 2.45) is 0 Å². The topological polar surface area (TPSA) is 57.2 Å². The number of aromatic nitrogens is 1. The van der Waals surface area contributed by atoms with Gasteiger partial charge in [-0.15, -0.1) is 5.56 Å². The minimum Gasteiger partial charge on any atom is -0.748 e. The Morgan fingerprint density at radius 3 is 1.92 bits per heavy atom. The van der Waals surface area contributed by atoms with E-state index in [1.165, 1.54) is 6.07 Å². The van der Waals surface area contributed by atoms with Crippen LogP contribution in [0.4, 0.5) is 26.3 Å². The summed E-state index contributed by atoms with van der Waals surface area (Å²) in [7, 11) is 0. The van der Waals surface area contributed by atoms with Crippen LogP contribution in [0, 0.1) is 0 Å². The zero-order valence-corrected chi connectivity index (χ0v) is 21.7. The first-order chi connectivity index (χ1) is 18.0. The van der Waals surface area contributed by atoms with Crippen molar-refractivity contribution in [3.8, 4) is 11.3 Å². The third kappa shape index (κ3) is 10.6. The number of nitrogens with zero attached hydrogens (tertiary/aromatic N) is 1. The number of benzene rings is 1. The Labute approximate surface area is 233 Å². The second kappa shape index (κ2) is 15.0. The first-order valence-electron chi connectivity index (χ1n) is 11.8. The minimum atomic E-state index is -4.78. The summed E-state index contributed by atoms with van der Waals surface area (Å²) in [5.74, 6) is 0. The molecular weight excluding hydrogens is 564 g/mol. The van der Waals surface area contributed by atoms with E-state index in [0.29, 0.717) is 19.6 Å². The quantitative estimate of drug-likeness (QED) is 0.0924. The number of halogens is 6. The van der Waals surface area contributed by atoms with E-state index in [1.807, 2.05) is 54.6 Å². The summed E-state index contributed by atoms with van der Waals surface area (Å²) in [5.41, 5.74) is -1.16. The largest absolute Gasteiger partial charge is 0.748 e. The molecule has 216 valence electrons. The van der Waals surface area contributed by atoms with Gasteiger partial charge in [0.25, 0.3) is 0 Å². The maximum absolute atomic E-state index is 13.3. The fourth-order valence-electron chi connectivity index (χ4n) is 3.49. The summed E-state index contributed by atoms with van der Waals surface area (Å²) in [6.45, 7) is 1.72. The summed E-state index contributed by atoms with van der Waals surface area (Å²) in [6.07, 6.45) is -10.6. The van der Waals surface area contributed by atoms with Crippen LogP contribution < -0.4 is 10.6 Å². The third-order valence-electron chi connectivity index (χ3n) is 5.46. The molecule has 0 saturated heterocycles. The monoisotopic (exact) mass is 591 g/mol. The molecule has 0 saturated carbocycles. The molecule has 11 heteroatoms. The number of hydrogen-bond acceptors (Lipinski definition) is 4. The van der Waals surface area contributed by atoms with Crippen LogP contribution in [-0.4, -0.2) is 29.7 Å². The molecule has 4 rings (SSSR count). The maximum Gasteiger partial charge on any atom is 0.433 e. The van der Waals surface area contributed by atoms with Crippen molar-refractivity contribution >= 4 is 0 Å². The fourth-order valence-corrected chi connectivity index (χ4v) is 3.49. The Morgan fingerprint density at radius 1 is 0.821 bits per heavy atom. The molecule has 0 spiro atoms. The van der Waals surface area contributed by atoms with E-state index in [2.05, 4.69) is 15.6 Å². The van der Waals surface area contributed by atoms with Gasteiger partial charge in [0, 0.05) is 42.3 Å². The van der Waals surface area contributed by atoms with Crippen molar-refractivity contribution in [1.29, 1.82) is 0 Å². The van der Waals surface area contributed by atoms with Gasteiger partial charge in [0.2, 0.25) is 0 Å². The molecule has 39 heavy (non-hydrogen) atoms. The molecule has 0 aliphatic rings. The summed E-state index contributed by atoms with van der Waals surface area (Å²) in [6, 6.07) is 23.4. The minimum absolute atomic E-state index is 0. The van der Waals surface area contributed by atoms with Crippen LogP contribution in [0.3, 0.4) is 0 Å². The molecular formula is C28H27F6FeN3O-6. The van der Waals surface area contributed by atoms with E-state index < -0.39 is 29.7 Å². The zero-order valence-electron chi connectivity index (χ0n) is 20.6. The van der Waals surface area contributed by atoms with Crippen molar-refractivity contribution in [1.82, 2.24) is 15.6 Å². The summed E-state index contributed by atoms with van der Waals surface area (Å²) in [4.78, 5) is 3.55. The number of pyridine rings is 1. The smallest absolute Gasteiger partial charge is 0.433 e. The van der Waals surface area contributed by atoms with Gasteiger partial charge in [0.05, 0.1) is 17.4 Å². The molecule has 0 unspecified atom stereocenters. The van der Waals surface area contributed by atoms with E-state index >= 15 is 0 Å². The number of alkyl halides is 6. The molecule has 0 amide bonds. The molecule has 1 atom stereocenters. The van der Waals surface area contributed by atoms with E-state index in [-0.39, 0.29) is 40.4 Å². The first kappa shape index (κ1) is 32.3. The van der Waals surface area contributed by atoms with Gasteiger partial charge in [-0.25, -0.2) is 17.1 Å². The molecule has 0 bridgehead atoms. The Bertz CT molecular complexity index is 1190. The zero-order chi connectivity index (χ0) is 27.6. The molecule has 0 aliphatic carbocycles. The molecule has 0 fully saturated rings. The second-order valence-electron chi connectivity index (χ2n) is 8.40. The van der Waals surface area contributed by atoms with E-state index in [4.69, 9.17) is 0 Å². The summed E-state index contributed by atoms with van der Waals surface area (Å²) < 4.78 is 78.3. The predicted octanol–water partition coefficient (Wildman–Crippen LogP) is 6.32. The summed E-state index contributed by atoms with van der Waals surface area (Å²) >= 11 is 0. The van der Waals surface area contributed by atoms with Crippen LogP contribution in [0.15, 0.2) is 91.0 Å². The standard InChI is InChI=1S/C23H22F6N3O.C5H5.Fe/c24-22(25,26)18-7-5-16(6-8-18)19-11-17(12-21(32-19)23(27,28)29)20(33)14-31-10-9-30-13-15-3-1-2-4-15;1-2-4-5-3-1;/h1-8,11-12,20,30-31,33H,9-10,13-14H2;1-5H;/q-1;-5;/t20-;;/m0../s1. The molecule has 0 radical (unpaired) electrons. The van der Waals surface area contributed by atoms with Crippen LogP contribution >= 0.6 is 0 Å². The Kier molecular flexibility index (Phi) is 12.4. The second-order valence-corrected chi connectivity index (χ2v) is 8.40. The van der Waals surface area contributed by atoms with Crippen LogP contribution in [0.2, 0.25) is 0 Å². The summed E-state index contributed by atoms with van der Waals surface area (Å²) in [5, 5.41) is 16.6. The SMILES string of the molecule is O[C@@H](CNCCNC[c-]1cccc1)c1cc(-c2ccc(C(F)(F)F)cc2)nc(C(F)(F)F)c1.[Fe].[cH-]1[cH-][cH-][cH-][cH-]1. The average molecular weight is 591 g/mol. The number of aliphatic hydroxyl groups excluding tert-OH is 1. The van der Waals surface area contributed by atoms with Crippen molar-refractivity contribution in [2.75, 3.05) is 19.6 Å². The van der Waals surface area contributed by atoms with Crippen LogP contribution in [0.25, 0.3) is 11.3 Å². The van der Waals surface area contributed by atoms with Gasteiger partial charge in [0.1, 0.15) is 5.69 Å². The Morgan fingerprint density at radius 2 is 1.38 bits per heavy atom. The number of nitrogens with one attached hydrogen (secondary N) is 2. The Hall–Kier alpha value is -2.95. The average Bonchev–Trinajstić information content (AvgIpc) is 3.62. The van der Waals surface area contributed by atoms with Gasteiger partial charge in [-0.3, -0.25) is 0 Å². The molecule has 4 nitrogen and oxygen atoms in total. The van der Waals surface area contributed by atoms with Gasteiger partial charge >= 0.3 is 12.4 Å². The fraction of sp³-hybridized carbons (Fsp3) is 0.250. The van der Waals surface area contributed by atoms with Gasteiger partial charge in [-0.1, -0.05) is 12.1 Å². The van der Waals surface area contributed by atoms with Gasteiger partial charge in [0.15, 0.2) is 0 Å². The molecule has 4 aromatic rings. The van der Waals surface area contributed by atoms with Crippen molar-refractivity contribution in [2.45, 2.75) is 25.0 Å². The normalized spacial score (nSPS) is 12.3. The van der Waals surface area contributed by atoms with E-state index in [0.717, 1.165) is 35.9 Å².